The van der Waals surface area contributed by atoms with E-state index in [1.807, 2.05) is 11.8 Å². The van der Waals surface area contributed by atoms with Gasteiger partial charge in [-0.3, -0.25) is 4.79 Å². The fraction of sp³-hybridized carbons (Fsp3) is 0.846. The lowest BCUT2D eigenvalue weighted by Gasteiger charge is -2.40. The fourth-order valence-corrected chi connectivity index (χ4v) is 2.79. The van der Waals surface area contributed by atoms with Crippen molar-refractivity contribution in [2.75, 3.05) is 0 Å². The number of amidine groups is 1. The van der Waals surface area contributed by atoms with Crippen LogP contribution in [0.4, 0.5) is 0 Å². The Morgan fingerprint density at radius 3 is 2.44 bits per heavy atom. The molecule has 3 atom stereocenters. The van der Waals surface area contributed by atoms with Crippen LogP contribution in [0.15, 0.2) is 5.16 Å². The Hall–Kier alpha value is -1.26. The molecule has 3 unspecified atom stereocenters. The first-order valence-electron chi connectivity index (χ1n) is 6.82. The smallest absolute Gasteiger partial charge is 0.233 e. The molecule has 0 aromatic carbocycles. The molecule has 0 bridgehead atoms. The van der Waals surface area contributed by atoms with Crippen molar-refractivity contribution >= 4 is 11.7 Å². The molecule has 1 aliphatic heterocycles. The van der Waals surface area contributed by atoms with Gasteiger partial charge in [-0.25, -0.2) is 0 Å². The molecule has 5 heteroatoms. The van der Waals surface area contributed by atoms with Crippen molar-refractivity contribution in [3.63, 3.8) is 0 Å². The Bertz CT molecular complexity index is 307. The summed E-state index contributed by atoms with van der Waals surface area (Å²) >= 11 is 0. The van der Waals surface area contributed by atoms with E-state index in [2.05, 4.69) is 19.0 Å². The Morgan fingerprint density at radius 2 is 2.00 bits per heavy atom. The van der Waals surface area contributed by atoms with Gasteiger partial charge in [0.25, 0.3) is 0 Å². The molecule has 0 saturated carbocycles. The van der Waals surface area contributed by atoms with E-state index < -0.39 is 5.92 Å². The van der Waals surface area contributed by atoms with Gasteiger partial charge >= 0.3 is 0 Å². The van der Waals surface area contributed by atoms with Crippen LogP contribution in [0.5, 0.6) is 0 Å². The average molecular weight is 255 g/mol. The van der Waals surface area contributed by atoms with Crippen LogP contribution in [-0.4, -0.2) is 33.9 Å². The van der Waals surface area contributed by atoms with Crippen molar-refractivity contribution < 1.29 is 10.0 Å². The zero-order valence-electron chi connectivity index (χ0n) is 11.6. The molecular weight excluding hydrogens is 230 g/mol. The summed E-state index contributed by atoms with van der Waals surface area (Å²) in [7, 11) is 0. The Labute approximate surface area is 109 Å². The van der Waals surface area contributed by atoms with E-state index in [9.17, 15) is 4.79 Å². The van der Waals surface area contributed by atoms with E-state index in [-0.39, 0.29) is 23.8 Å². The highest BCUT2D eigenvalue weighted by molar-refractivity contribution is 6.02. The van der Waals surface area contributed by atoms with Gasteiger partial charge in [-0.1, -0.05) is 18.5 Å². The number of piperidine rings is 1. The minimum atomic E-state index is -0.483. The minimum Gasteiger partial charge on any atom is -0.409 e. The molecule has 0 aromatic rings. The normalized spacial score (nSPS) is 27.1. The van der Waals surface area contributed by atoms with Gasteiger partial charge in [-0.2, -0.15) is 0 Å². The quantitative estimate of drug-likeness (QED) is 0.349. The number of hydrogen-bond acceptors (Lipinski definition) is 3. The first kappa shape index (κ1) is 14.8. The molecule has 1 rings (SSSR count). The molecule has 0 aromatic heterocycles. The summed E-state index contributed by atoms with van der Waals surface area (Å²) in [6, 6.07) is 0.485. The lowest BCUT2D eigenvalue weighted by molar-refractivity contribution is -0.139. The first-order chi connectivity index (χ1) is 8.52. The van der Waals surface area contributed by atoms with Crippen molar-refractivity contribution in [2.24, 2.45) is 16.8 Å². The molecule has 0 radical (unpaired) electrons. The summed E-state index contributed by atoms with van der Waals surface area (Å²) in [5.41, 5.74) is 5.65. The zero-order valence-corrected chi connectivity index (χ0v) is 11.6. The summed E-state index contributed by atoms with van der Waals surface area (Å²) in [5.74, 6) is -0.443. The summed E-state index contributed by atoms with van der Waals surface area (Å²) in [6.45, 7) is 6.14. The topological polar surface area (TPSA) is 78.9 Å². The van der Waals surface area contributed by atoms with Crippen LogP contribution in [0, 0.1) is 5.92 Å². The molecule has 5 nitrogen and oxygen atoms in total. The second-order valence-corrected chi connectivity index (χ2v) is 5.24. The SMILES string of the molecule is CCCC(C(=O)N1C(C)CCCC1C)/C(N)=N\O. The van der Waals surface area contributed by atoms with E-state index >= 15 is 0 Å². The minimum absolute atomic E-state index is 0.00634. The number of amides is 1. The van der Waals surface area contributed by atoms with E-state index in [1.165, 1.54) is 0 Å². The van der Waals surface area contributed by atoms with Crippen LogP contribution >= 0.6 is 0 Å². The molecule has 3 N–H and O–H groups in total. The molecule has 0 aliphatic carbocycles. The number of carbonyl (C=O) groups is 1. The number of carbonyl (C=O) groups excluding carboxylic acids is 1. The molecule has 1 aliphatic rings. The molecule has 18 heavy (non-hydrogen) atoms. The predicted molar refractivity (Wildman–Crippen MR) is 71.4 cm³/mol. The van der Waals surface area contributed by atoms with Gasteiger partial charge < -0.3 is 15.8 Å². The molecule has 1 amide bonds. The second kappa shape index (κ2) is 6.61. The van der Waals surface area contributed by atoms with Gasteiger partial charge in [0.2, 0.25) is 5.91 Å². The van der Waals surface area contributed by atoms with Gasteiger partial charge in [0, 0.05) is 12.1 Å². The van der Waals surface area contributed by atoms with Gasteiger partial charge in [0.1, 0.15) is 0 Å². The summed E-state index contributed by atoms with van der Waals surface area (Å²) in [4.78, 5) is 14.5. The molecular formula is C13H25N3O2. The zero-order chi connectivity index (χ0) is 13.7. The third-order valence-corrected chi connectivity index (χ3v) is 3.80. The van der Waals surface area contributed by atoms with Crippen molar-refractivity contribution in [3.05, 3.63) is 0 Å². The number of rotatable bonds is 4. The first-order valence-corrected chi connectivity index (χ1v) is 6.82. The Kier molecular flexibility index (Phi) is 5.44. The van der Waals surface area contributed by atoms with Crippen LogP contribution in [-0.2, 0) is 4.79 Å². The Morgan fingerprint density at radius 1 is 1.44 bits per heavy atom. The van der Waals surface area contributed by atoms with E-state index in [0.717, 1.165) is 25.7 Å². The monoisotopic (exact) mass is 255 g/mol. The highest BCUT2D eigenvalue weighted by Crippen LogP contribution is 2.25. The molecule has 1 heterocycles. The van der Waals surface area contributed by atoms with E-state index in [4.69, 9.17) is 10.9 Å². The largest absolute Gasteiger partial charge is 0.409 e. The van der Waals surface area contributed by atoms with Crippen molar-refractivity contribution in [1.82, 2.24) is 4.90 Å². The predicted octanol–water partition coefficient (Wildman–Crippen LogP) is 1.94. The summed E-state index contributed by atoms with van der Waals surface area (Å²) in [5, 5.41) is 11.8. The number of likely N-dealkylation sites (tertiary alicyclic amines) is 1. The van der Waals surface area contributed by atoms with Crippen LogP contribution in [0.25, 0.3) is 0 Å². The summed E-state index contributed by atoms with van der Waals surface area (Å²) < 4.78 is 0. The van der Waals surface area contributed by atoms with Crippen molar-refractivity contribution in [3.8, 4) is 0 Å². The highest BCUT2D eigenvalue weighted by Gasteiger charge is 2.34. The fourth-order valence-electron chi connectivity index (χ4n) is 2.79. The Balaban J connectivity index is 2.87. The van der Waals surface area contributed by atoms with Crippen molar-refractivity contribution in [1.29, 1.82) is 0 Å². The number of nitrogens with two attached hydrogens (primary N) is 1. The maximum absolute atomic E-state index is 12.6. The number of oxime groups is 1. The molecule has 104 valence electrons. The van der Waals surface area contributed by atoms with Gasteiger partial charge in [-0.15, -0.1) is 0 Å². The highest BCUT2D eigenvalue weighted by atomic mass is 16.4. The molecule has 1 fully saturated rings. The lowest BCUT2D eigenvalue weighted by atomic mass is 9.93. The lowest BCUT2D eigenvalue weighted by Crippen LogP contribution is -2.52. The molecule has 0 spiro atoms. The van der Waals surface area contributed by atoms with Crippen LogP contribution < -0.4 is 5.73 Å². The number of nitrogens with zero attached hydrogens (tertiary/aromatic N) is 2. The van der Waals surface area contributed by atoms with Crippen LogP contribution in [0.3, 0.4) is 0 Å². The van der Waals surface area contributed by atoms with Crippen LogP contribution in [0.1, 0.15) is 52.9 Å². The van der Waals surface area contributed by atoms with Crippen LogP contribution in [0.2, 0.25) is 0 Å². The maximum atomic E-state index is 12.6. The molecule has 1 saturated heterocycles. The van der Waals surface area contributed by atoms with Crippen molar-refractivity contribution in [2.45, 2.75) is 65.0 Å². The van der Waals surface area contributed by atoms with Gasteiger partial charge in [0.05, 0.1) is 5.92 Å². The number of hydrogen-bond donors (Lipinski definition) is 2. The van der Waals surface area contributed by atoms with E-state index in [0.29, 0.717) is 6.42 Å². The van der Waals surface area contributed by atoms with Gasteiger partial charge in [0.15, 0.2) is 5.84 Å². The van der Waals surface area contributed by atoms with Gasteiger partial charge in [-0.05, 0) is 39.5 Å². The third-order valence-electron chi connectivity index (χ3n) is 3.80. The van der Waals surface area contributed by atoms with E-state index in [1.54, 1.807) is 0 Å². The second-order valence-electron chi connectivity index (χ2n) is 5.24. The average Bonchev–Trinajstić information content (AvgIpc) is 2.34. The maximum Gasteiger partial charge on any atom is 0.233 e. The summed E-state index contributed by atoms with van der Waals surface area (Å²) in [6.07, 6.45) is 4.69. The standard InChI is InChI=1S/C13H25N3O2/c1-4-6-11(12(14)15-18)13(17)16-9(2)7-5-8-10(16)3/h9-11,18H,4-8H2,1-3H3,(H2,14,15). The third kappa shape index (κ3) is 3.15.